The number of ether oxygens (including phenoxy) is 3. The molecule has 140 valence electrons. The summed E-state index contributed by atoms with van der Waals surface area (Å²) in [6.07, 6.45) is 3.26. The van der Waals surface area contributed by atoms with Crippen molar-refractivity contribution in [3.05, 3.63) is 17.7 Å². The molecule has 0 bridgehead atoms. The quantitative estimate of drug-likeness (QED) is 0.806. The average Bonchev–Trinajstić information content (AvgIpc) is 2.81. The van der Waals surface area contributed by atoms with Crippen LogP contribution in [0.5, 0.6) is 17.2 Å². The van der Waals surface area contributed by atoms with Gasteiger partial charge in [0.1, 0.15) is 0 Å². The third-order valence-electron chi connectivity index (χ3n) is 5.16. The normalized spacial score (nSPS) is 21.0. The zero-order valence-electron chi connectivity index (χ0n) is 16.3. The van der Waals surface area contributed by atoms with Gasteiger partial charge in [0.25, 0.3) is 5.91 Å². The molecule has 1 fully saturated rings. The molecule has 0 aliphatic carbocycles. The van der Waals surface area contributed by atoms with Crippen molar-refractivity contribution in [2.24, 2.45) is 11.8 Å². The average molecular weight is 349 g/mol. The van der Waals surface area contributed by atoms with Crippen LogP contribution in [0.4, 0.5) is 0 Å². The number of hydrogen-bond acceptors (Lipinski definition) is 4. The van der Waals surface area contributed by atoms with Gasteiger partial charge in [-0.1, -0.05) is 20.8 Å². The second-order valence-electron chi connectivity index (χ2n) is 7.20. The lowest BCUT2D eigenvalue weighted by molar-refractivity contribution is 0.0630. The van der Waals surface area contributed by atoms with Crippen LogP contribution in [0.15, 0.2) is 12.1 Å². The van der Waals surface area contributed by atoms with Crippen LogP contribution in [0.25, 0.3) is 0 Å². The molecule has 0 N–H and O–H groups in total. The van der Waals surface area contributed by atoms with E-state index in [1.54, 1.807) is 33.5 Å². The van der Waals surface area contributed by atoms with Crippen LogP contribution in [0.3, 0.4) is 0 Å². The van der Waals surface area contributed by atoms with Gasteiger partial charge < -0.3 is 19.1 Å². The third-order valence-corrected chi connectivity index (χ3v) is 5.16. The van der Waals surface area contributed by atoms with E-state index in [1.165, 1.54) is 6.42 Å². The maximum Gasteiger partial charge on any atom is 0.254 e. The number of amides is 1. The first-order chi connectivity index (χ1) is 11.9. The highest BCUT2D eigenvalue weighted by Crippen LogP contribution is 2.39. The van der Waals surface area contributed by atoms with Crippen molar-refractivity contribution in [3.8, 4) is 17.2 Å². The zero-order chi connectivity index (χ0) is 18.6. The molecule has 1 aromatic rings. The Bertz CT molecular complexity index is 574. The fourth-order valence-corrected chi connectivity index (χ4v) is 3.60. The first-order valence-corrected chi connectivity index (χ1v) is 9.03. The van der Waals surface area contributed by atoms with Gasteiger partial charge in [0, 0.05) is 18.2 Å². The van der Waals surface area contributed by atoms with E-state index < -0.39 is 0 Å². The highest BCUT2D eigenvalue weighted by Gasteiger charge is 2.31. The van der Waals surface area contributed by atoms with Gasteiger partial charge in [0.2, 0.25) is 5.75 Å². The monoisotopic (exact) mass is 349 g/mol. The van der Waals surface area contributed by atoms with Gasteiger partial charge in [-0.25, -0.2) is 0 Å². The third kappa shape index (κ3) is 4.20. The largest absolute Gasteiger partial charge is 0.493 e. The Kier molecular flexibility index (Phi) is 6.57. The highest BCUT2D eigenvalue weighted by molar-refractivity contribution is 5.96. The van der Waals surface area contributed by atoms with E-state index in [2.05, 4.69) is 20.8 Å². The minimum Gasteiger partial charge on any atom is -0.493 e. The van der Waals surface area contributed by atoms with Crippen molar-refractivity contribution in [2.75, 3.05) is 27.9 Å². The number of methoxy groups -OCH3 is 3. The Morgan fingerprint density at radius 3 is 2.12 bits per heavy atom. The van der Waals surface area contributed by atoms with Gasteiger partial charge in [-0.05, 0) is 43.2 Å². The summed E-state index contributed by atoms with van der Waals surface area (Å²) >= 11 is 0. The van der Waals surface area contributed by atoms with Crippen LogP contribution in [0, 0.1) is 11.8 Å². The van der Waals surface area contributed by atoms with Crippen molar-refractivity contribution in [2.45, 2.75) is 46.1 Å². The fourth-order valence-electron chi connectivity index (χ4n) is 3.60. The second kappa shape index (κ2) is 8.45. The van der Waals surface area contributed by atoms with E-state index in [9.17, 15) is 4.79 Å². The summed E-state index contributed by atoms with van der Waals surface area (Å²) in [6.45, 7) is 7.44. The van der Waals surface area contributed by atoms with Gasteiger partial charge >= 0.3 is 0 Å². The summed E-state index contributed by atoms with van der Waals surface area (Å²) in [6, 6.07) is 3.75. The number of benzene rings is 1. The second-order valence-corrected chi connectivity index (χ2v) is 7.20. The molecule has 0 spiro atoms. The SMILES string of the molecule is COc1cc(C(=O)N2CCC(C)CCC2C(C)C)cc(OC)c1OC. The molecular formula is C20H31NO4. The summed E-state index contributed by atoms with van der Waals surface area (Å²) in [5, 5.41) is 0. The Balaban J connectivity index is 2.40. The smallest absolute Gasteiger partial charge is 0.254 e. The van der Waals surface area contributed by atoms with E-state index in [0.29, 0.717) is 34.6 Å². The first kappa shape index (κ1) is 19.4. The van der Waals surface area contributed by atoms with Gasteiger partial charge in [0.15, 0.2) is 11.5 Å². The van der Waals surface area contributed by atoms with E-state index >= 15 is 0 Å². The molecule has 2 unspecified atom stereocenters. The van der Waals surface area contributed by atoms with Crippen molar-refractivity contribution < 1.29 is 19.0 Å². The number of hydrogen-bond donors (Lipinski definition) is 0. The van der Waals surface area contributed by atoms with E-state index in [4.69, 9.17) is 14.2 Å². The fraction of sp³-hybridized carbons (Fsp3) is 0.650. The molecule has 1 heterocycles. The summed E-state index contributed by atoms with van der Waals surface area (Å²) in [7, 11) is 4.69. The van der Waals surface area contributed by atoms with Crippen molar-refractivity contribution >= 4 is 5.91 Å². The summed E-state index contributed by atoms with van der Waals surface area (Å²) in [5.41, 5.74) is 0.578. The number of nitrogens with zero attached hydrogens (tertiary/aromatic N) is 1. The Hall–Kier alpha value is -1.91. The molecule has 0 saturated carbocycles. The summed E-state index contributed by atoms with van der Waals surface area (Å²) in [4.78, 5) is 15.3. The minimum absolute atomic E-state index is 0.0343. The Labute approximate surface area is 151 Å². The highest BCUT2D eigenvalue weighted by atomic mass is 16.5. The van der Waals surface area contributed by atoms with E-state index in [1.807, 2.05) is 4.90 Å². The molecule has 25 heavy (non-hydrogen) atoms. The lowest BCUT2D eigenvalue weighted by Crippen LogP contribution is -2.43. The Morgan fingerprint density at radius 1 is 1.04 bits per heavy atom. The van der Waals surface area contributed by atoms with Crippen LogP contribution in [0.2, 0.25) is 0 Å². The van der Waals surface area contributed by atoms with Crippen LogP contribution in [-0.2, 0) is 0 Å². The predicted molar refractivity (Wildman–Crippen MR) is 98.8 cm³/mol. The topological polar surface area (TPSA) is 48.0 Å². The molecule has 0 radical (unpaired) electrons. The van der Waals surface area contributed by atoms with Crippen molar-refractivity contribution in [1.82, 2.24) is 4.90 Å². The van der Waals surface area contributed by atoms with Crippen LogP contribution in [-0.4, -0.2) is 44.7 Å². The lowest BCUT2D eigenvalue weighted by atomic mass is 9.95. The van der Waals surface area contributed by atoms with Crippen molar-refractivity contribution in [1.29, 1.82) is 0 Å². The lowest BCUT2D eigenvalue weighted by Gasteiger charge is -2.33. The number of likely N-dealkylation sites (tertiary alicyclic amines) is 1. The minimum atomic E-state index is 0.0343. The number of rotatable bonds is 5. The van der Waals surface area contributed by atoms with E-state index in [0.717, 1.165) is 19.4 Å². The molecular weight excluding hydrogens is 318 g/mol. The maximum absolute atomic E-state index is 13.3. The van der Waals surface area contributed by atoms with Crippen LogP contribution < -0.4 is 14.2 Å². The molecule has 2 atom stereocenters. The molecule has 5 heteroatoms. The molecule has 5 nitrogen and oxygen atoms in total. The Morgan fingerprint density at radius 2 is 1.64 bits per heavy atom. The zero-order valence-corrected chi connectivity index (χ0v) is 16.3. The maximum atomic E-state index is 13.3. The molecule has 1 amide bonds. The summed E-state index contributed by atoms with van der Waals surface area (Å²) < 4.78 is 16.2. The standard InChI is InChI=1S/C20H31NO4/c1-13(2)16-8-7-14(3)9-10-21(16)20(22)15-11-17(23-4)19(25-6)18(12-15)24-5/h11-14,16H,7-10H2,1-6H3. The molecule has 1 aliphatic rings. The molecule has 1 saturated heterocycles. The van der Waals surface area contributed by atoms with Crippen LogP contribution in [0.1, 0.15) is 50.4 Å². The number of carbonyl (C=O) groups is 1. The predicted octanol–water partition coefficient (Wildman–Crippen LogP) is 4.00. The van der Waals surface area contributed by atoms with E-state index in [-0.39, 0.29) is 11.9 Å². The van der Waals surface area contributed by atoms with Crippen molar-refractivity contribution in [3.63, 3.8) is 0 Å². The molecule has 1 aromatic carbocycles. The summed E-state index contributed by atoms with van der Waals surface area (Å²) in [5.74, 6) is 2.64. The first-order valence-electron chi connectivity index (χ1n) is 9.03. The van der Waals surface area contributed by atoms with Crippen LogP contribution >= 0.6 is 0 Å². The van der Waals surface area contributed by atoms with Gasteiger partial charge in [-0.2, -0.15) is 0 Å². The number of carbonyl (C=O) groups excluding carboxylic acids is 1. The molecule has 2 rings (SSSR count). The molecule has 0 aromatic heterocycles. The van der Waals surface area contributed by atoms with Gasteiger partial charge in [0.05, 0.1) is 21.3 Å². The van der Waals surface area contributed by atoms with Gasteiger partial charge in [-0.3, -0.25) is 4.79 Å². The molecule has 1 aliphatic heterocycles. The van der Waals surface area contributed by atoms with Gasteiger partial charge in [-0.15, -0.1) is 0 Å².